The summed E-state index contributed by atoms with van der Waals surface area (Å²) < 4.78 is 3.88. The zero-order valence-electron chi connectivity index (χ0n) is 27.1. The molecule has 8 atom stereocenters. The second-order valence-corrected chi connectivity index (χ2v) is 16.9. The van der Waals surface area contributed by atoms with Crippen molar-refractivity contribution in [3.63, 3.8) is 0 Å². The van der Waals surface area contributed by atoms with Crippen molar-refractivity contribution in [3.8, 4) is 0 Å². The predicted molar refractivity (Wildman–Crippen MR) is 176 cm³/mol. The van der Waals surface area contributed by atoms with Gasteiger partial charge in [-0.05, 0) is 115 Å². The Kier molecular flexibility index (Phi) is 9.91. The SMILES string of the molecule is CC(C)(C)C1CCC2CNSC3CCCC(N3)N[C@@H](c3cccc(C4CCNCC4)n3)CC[C@@H]3CN(C2N1)C(C)(C)C3. The van der Waals surface area contributed by atoms with E-state index in [2.05, 4.69) is 83.7 Å². The summed E-state index contributed by atoms with van der Waals surface area (Å²) in [5.41, 5.74) is 3.04. The molecule has 0 saturated carbocycles. The van der Waals surface area contributed by atoms with Crippen molar-refractivity contribution in [2.45, 2.75) is 140 Å². The Bertz CT molecular complexity index is 1020. The van der Waals surface area contributed by atoms with Crippen molar-refractivity contribution in [2.24, 2.45) is 17.3 Å². The van der Waals surface area contributed by atoms with Crippen LogP contribution in [0.5, 0.6) is 0 Å². The van der Waals surface area contributed by atoms with Crippen LogP contribution in [-0.4, -0.2) is 65.3 Å². The first-order chi connectivity index (χ1) is 20.2. The molecule has 0 radical (unpaired) electrons. The van der Waals surface area contributed by atoms with Gasteiger partial charge in [-0.15, -0.1) is 0 Å². The number of pyridine rings is 1. The Hall–Kier alpha value is -0.740. The summed E-state index contributed by atoms with van der Waals surface area (Å²) >= 11 is 1.94. The van der Waals surface area contributed by atoms with E-state index in [0.717, 1.165) is 26.1 Å². The molecule has 1 aromatic rings. The Balaban J connectivity index is 1.24. The molecular formula is C34H59N7S. The maximum atomic E-state index is 5.36. The van der Waals surface area contributed by atoms with E-state index in [1.807, 2.05) is 11.9 Å². The third kappa shape index (κ3) is 7.38. The van der Waals surface area contributed by atoms with Crippen molar-refractivity contribution < 1.29 is 0 Å². The zero-order valence-corrected chi connectivity index (χ0v) is 27.9. The van der Waals surface area contributed by atoms with Crippen LogP contribution >= 0.6 is 11.9 Å². The number of aromatic nitrogens is 1. The first kappa shape index (κ1) is 31.3. The van der Waals surface area contributed by atoms with Gasteiger partial charge in [-0.2, -0.15) is 0 Å². The van der Waals surface area contributed by atoms with E-state index >= 15 is 0 Å². The van der Waals surface area contributed by atoms with E-state index in [9.17, 15) is 0 Å². The average molecular weight is 598 g/mol. The van der Waals surface area contributed by atoms with Gasteiger partial charge in [0.2, 0.25) is 0 Å². The monoisotopic (exact) mass is 597 g/mol. The van der Waals surface area contributed by atoms with E-state index in [1.54, 1.807) is 0 Å². The molecule has 5 aliphatic heterocycles. The third-order valence-corrected chi connectivity index (χ3v) is 12.1. The molecule has 42 heavy (non-hydrogen) atoms. The largest absolute Gasteiger partial charge is 0.317 e. The highest BCUT2D eigenvalue weighted by Gasteiger charge is 2.47. The molecule has 5 fully saturated rings. The average Bonchev–Trinajstić information content (AvgIpc) is 3.28. The van der Waals surface area contributed by atoms with Gasteiger partial charge in [0.15, 0.2) is 0 Å². The molecule has 6 unspecified atom stereocenters. The fourth-order valence-corrected chi connectivity index (χ4v) is 9.68. The maximum Gasteiger partial charge on any atom is 0.0690 e. The van der Waals surface area contributed by atoms with Gasteiger partial charge >= 0.3 is 0 Å². The smallest absolute Gasteiger partial charge is 0.0690 e. The first-order valence-electron chi connectivity index (χ1n) is 17.3. The Morgan fingerprint density at radius 3 is 2.52 bits per heavy atom. The van der Waals surface area contributed by atoms with E-state index in [1.165, 1.54) is 75.7 Å². The third-order valence-electron chi connectivity index (χ3n) is 11.1. The number of fused-ring (bicyclic) bond motifs is 6. The molecule has 8 heteroatoms. The zero-order chi connectivity index (χ0) is 29.3. The molecule has 7 nitrogen and oxygen atoms in total. The summed E-state index contributed by atoms with van der Waals surface area (Å²) in [6, 6.07) is 7.69. The predicted octanol–water partition coefficient (Wildman–Crippen LogP) is 5.48. The summed E-state index contributed by atoms with van der Waals surface area (Å²) in [6.45, 7) is 16.7. The second-order valence-electron chi connectivity index (χ2n) is 15.8. The molecule has 5 N–H and O–H groups in total. The minimum atomic E-state index is 0.207. The summed E-state index contributed by atoms with van der Waals surface area (Å²) in [5, 5.41) is 16.3. The van der Waals surface area contributed by atoms with Crippen LogP contribution in [0.15, 0.2) is 18.2 Å². The molecule has 6 heterocycles. The van der Waals surface area contributed by atoms with Crippen molar-refractivity contribution in [2.75, 3.05) is 26.2 Å². The molecule has 0 spiro atoms. The van der Waals surface area contributed by atoms with E-state index in [0.29, 0.717) is 41.5 Å². The summed E-state index contributed by atoms with van der Waals surface area (Å²) in [5.74, 6) is 1.94. The number of hydrogen-bond acceptors (Lipinski definition) is 8. The van der Waals surface area contributed by atoms with Gasteiger partial charge in [0.1, 0.15) is 0 Å². The Labute approximate surface area is 260 Å². The Morgan fingerprint density at radius 1 is 0.905 bits per heavy atom. The van der Waals surface area contributed by atoms with Gasteiger partial charge in [-0.1, -0.05) is 38.8 Å². The molecule has 0 amide bonds. The van der Waals surface area contributed by atoms with Crippen LogP contribution in [-0.2, 0) is 0 Å². The van der Waals surface area contributed by atoms with Crippen LogP contribution in [0.2, 0.25) is 0 Å². The quantitative estimate of drug-likeness (QED) is 0.287. The molecule has 6 rings (SSSR count). The van der Waals surface area contributed by atoms with Crippen molar-refractivity contribution in [1.82, 2.24) is 35.9 Å². The normalized spacial score (nSPS) is 38.7. The first-order valence-corrected chi connectivity index (χ1v) is 18.1. The van der Waals surface area contributed by atoms with Crippen molar-refractivity contribution >= 4 is 11.9 Å². The fourth-order valence-electron chi connectivity index (χ4n) is 8.65. The summed E-state index contributed by atoms with van der Waals surface area (Å²) in [6.07, 6.45) is 13.1. The highest BCUT2D eigenvalue weighted by Crippen LogP contribution is 2.42. The molecule has 236 valence electrons. The van der Waals surface area contributed by atoms with Gasteiger partial charge in [0.05, 0.1) is 29.4 Å². The number of nitrogens with one attached hydrogen (secondary N) is 5. The van der Waals surface area contributed by atoms with E-state index < -0.39 is 0 Å². The highest BCUT2D eigenvalue weighted by atomic mass is 32.2. The van der Waals surface area contributed by atoms with Crippen molar-refractivity contribution in [3.05, 3.63) is 29.6 Å². The standard InChI is InChI=1S/C34H59N7S/c1-33(2,3)29-15-13-25-21-36-42-31-11-7-10-30(40-31)38-28(14-12-23-20-34(4,5)41(22-23)32(25)39-29)27-9-6-8-26(37-27)24-16-18-35-19-17-24/h6,8-9,23-25,28-32,35-36,38-40H,7,10-22H2,1-5H3/t23-,25?,28+,29?,30?,31?,32?/m0/s1. The summed E-state index contributed by atoms with van der Waals surface area (Å²) in [7, 11) is 0. The van der Waals surface area contributed by atoms with E-state index in [4.69, 9.17) is 4.98 Å². The summed E-state index contributed by atoms with van der Waals surface area (Å²) in [4.78, 5) is 8.24. The minimum absolute atomic E-state index is 0.207. The van der Waals surface area contributed by atoms with Gasteiger partial charge < -0.3 is 5.32 Å². The maximum absolute atomic E-state index is 5.36. The lowest BCUT2D eigenvalue weighted by Crippen LogP contribution is -2.63. The van der Waals surface area contributed by atoms with Gasteiger partial charge in [0, 0.05) is 42.2 Å². The van der Waals surface area contributed by atoms with Crippen molar-refractivity contribution in [1.29, 1.82) is 0 Å². The highest BCUT2D eigenvalue weighted by molar-refractivity contribution is 7.98. The van der Waals surface area contributed by atoms with Crippen LogP contribution in [0, 0.1) is 17.3 Å². The number of piperidine rings is 3. The van der Waals surface area contributed by atoms with Gasteiger partial charge in [-0.3, -0.25) is 30.6 Å². The lowest BCUT2D eigenvalue weighted by atomic mass is 9.78. The van der Waals surface area contributed by atoms with Gasteiger partial charge in [0.25, 0.3) is 0 Å². The molecule has 1 aromatic heterocycles. The molecule has 4 bridgehead atoms. The van der Waals surface area contributed by atoms with Gasteiger partial charge in [-0.25, -0.2) is 0 Å². The van der Waals surface area contributed by atoms with Crippen LogP contribution in [0.4, 0.5) is 0 Å². The molecule has 5 aliphatic rings. The van der Waals surface area contributed by atoms with E-state index in [-0.39, 0.29) is 17.0 Å². The second kappa shape index (κ2) is 13.3. The minimum Gasteiger partial charge on any atom is -0.317 e. The number of nitrogens with zero attached hydrogens (tertiary/aromatic N) is 2. The molecule has 0 aliphatic carbocycles. The molecule has 5 saturated heterocycles. The van der Waals surface area contributed by atoms with Crippen LogP contribution in [0.1, 0.15) is 122 Å². The Morgan fingerprint density at radius 2 is 1.71 bits per heavy atom. The molecule has 0 aromatic carbocycles. The number of rotatable bonds is 2. The fraction of sp³-hybridized carbons (Fsp3) is 0.853. The number of hydrogen-bond donors (Lipinski definition) is 5. The van der Waals surface area contributed by atoms with Crippen LogP contribution in [0.3, 0.4) is 0 Å². The topological polar surface area (TPSA) is 76.3 Å². The van der Waals surface area contributed by atoms with Crippen LogP contribution in [0.25, 0.3) is 0 Å². The van der Waals surface area contributed by atoms with Crippen LogP contribution < -0.4 is 26.0 Å². The molecular weight excluding hydrogens is 538 g/mol. The lowest BCUT2D eigenvalue weighted by Gasteiger charge is -2.50. The lowest BCUT2D eigenvalue weighted by molar-refractivity contribution is 0.00552.